The highest BCUT2D eigenvalue weighted by Gasteiger charge is 2.20. The molecule has 21 nitrogen and oxygen atoms in total. The fourth-order valence-corrected chi connectivity index (χ4v) is 8.84. The van der Waals surface area contributed by atoms with Crippen LogP contribution < -0.4 is 10.1 Å². The Balaban J connectivity index is 0.863. The van der Waals surface area contributed by atoms with Gasteiger partial charge in [-0.25, -0.2) is 10.5 Å². The first kappa shape index (κ1) is 48.3. The molecule has 0 spiro atoms. The number of nitrogens with one attached hydrogen (secondary N) is 1. The largest absolute Gasteiger partial charge is 0.505 e. The maximum atomic E-state index is 12.0. The maximum absolute atomic E-state index is 12.0. The number of nitrogens with zero attached hydrogens (tertiary/aromatic N) is 9. The Hall–Kier alpha value is -7.75. The average molecular weight is 1010 g/mol. The highest BCUT2D eigenvalue weighted by atomic mass is 32.2. The molecule has 1 heterocycles. The van der Waals surface area contributed by atoms with Crippen molar-refractivity contribution in [2.75, 3.05) is 12.4 Å². The average Bonchev–Trinajstić information content (AvgIpc) is 3.82. The van der Waals surface area contributed by atoms with Crippen LogP contribution in [0.5, 0.6) is 11.5 Å². The van der Waals surface area contributed by atoms with Gasteiger partial charge < -0.3 is 15.2 Å². The molecule has 0 aliphatic rings. The number of benzene rings is 8. The molecule has 0 aliphatic heterocycles. The van der Waals surface area contributed by atoms with Crippen molar-refractivity contribution in [1.29, 1.82) is 0 Å². The first-order valence-electron chi connectivity index (χ1n) is 20.8. The van der Waals surface area contributed by atoms with Gasteiger partial charge in [-0.05, 0) is 158 Å². The summed E-state index contributed by atoms with van der Waals surface area (Å²) in [7, 11) is -3.00. The molecule has 358 valence electrons. The molecule has 1 aromatic heterocycles. The number of aromatic nitrogens is 3. The Morgan fingerprint density at radius 3 is 1.80 bits per heavy atom. The minimum absolute atomic E-state index is 0.104. The number of fused-ring (bicyclic) bond motifs is 4. The van der Waals surface area contributed by atoms with E-state index in [-0.39, 0.29) is 16.3 Å². The summed E-state index contributed by atoms with van der Waals surface area (Å²) in [5, 5.41) is 77.4. The Labute approximate surface area is 411 Å². The van der Waals surface area contributed by atoms with Crippen LogP contribution in [0.15, 0.2) is 179 Å². The maximum Gasteiger partial charge on any atom is 0.294 e. The first-order chi connectivity index (χ1) is 34.4. The second-order valence-corrected chi connectivity index (χ2v) is 18.2. The van der Waals surface area contributed by atoms with Gasteiger partial charge in [0.1, 0.15) is 22.5 Å². The molecule has 0 radical (unpaired) electrons. The van der Waals surface area contributed by atoms with Gasteiger partial charge in [0.25, 0.3) is 10.1 Å². The van der Waals surface area contributed by atoms with Gasteiger partial charge in [-0.2, -0.15) is 38.8 Å². The molecule has 0 bridgehead atoms. The number of hydrogen-bond acceptors (Lipinski definition) is 21. The van der Waals surface area contributed by atoms with Crippen molar-refractivity contribution in [3.05, 3.63) is 145 Å². The lowest BCUT2D eigenvalue weighted by Crippen LogP contribution is -1.99. The molecule has 5 N–H and O–H groups in total. The molecule has 8 aromatic carbocycles. The molecule has 0 amide bonds. The van der Waals surface area contributed by atoms with Crippen molar-refractivity contribution in [3.8, 4) is 17.2 Å². The number of aromatic hydroxyl groups is 1. The molecular weight excluding hydrogens is 977 g/mol. The number of hydrogen-bond donors (Lipinski definition) is 5. The smallest absolute Gasteiger partial charge is 0.294 e. The summed E-state index contributed by atoms with van der Waals surface area (Å²) in [5.41, 5.74) is 7.42. The molecule has 0 unspecified atom stereocenters. The van der Waals surface area contributed by atoms with Crippen LogP contribution in [0.2, 0.25) is 0 Å². The van der Waals surface area contributed by atoms with E-state index in [1.165, 1.54) is 16.9 Å². The quantitative estimate of drug-likeness (QED) is 0.0186. The highest BCUT2D eigenvalue weighted by molar-refractivity contribution is 7.95. The van der Waals surface area contributed by atoms with Gasteiger partial charge in [0.15, 0.2) is 5.75 Å². The fourth-order valence-electron chi connectivity index (χ4n) is 7.19. The molecule has 9 rings (SSSR count). The van der Waals surface area contributed by atoms with E-state index in [1.54, 1.807) is 79.9 Å². The van der Waals surface area contributed by atoms with Crippen LogP contribution in [-0.2, 0) is 28.9 Å². The van der Waals surface area contributed by atoms with Crippen molar-refractivity contribution < 1.29 is 52.1 Å². The lowest BCUT2D eigenvalue weighted by molar-refractivity contribution is -0.432. The van der Waals surface area contributed by atoms with Gasteiger partial charge in [-0.15, -0.1) is 24.0 Å². The summed E-state index contributed by atoms with van der Waals surface area (Å²) in [6.45, 7) is 3.72. The van der Waals surface area contributed by atoms with Gasteiger partial charge in [-0.3, -0.25) is 4.55 Å². The predicted octanol–water partition coefficient (Wildman–Crippen LogP) is 14.2. The van der Waals surface area contributed by atoms with Crippen LogP contribution in [0.25, 0.3) is 38.3 Å². The van der Waals surface area contributed by atoms with E-state index in [9.17, 15) is 18.1 Å². The molecule has 0 fully saturated rings. The third-order valence-electron chi connectivity index (χ3n) is 10.7. The van der Waals surface area contributed by atoms with E-state index in [2.05, 4.69) is 60.6 Å². The lowest BCUT2D eigenvalue weighted by Gasteiger charge is -2.12. The summed E-state index contributed by atoms with van der Waals surface area (Å²) < 4.78 is 48.3. The molecule has 0 saturated carbocycles. The normalized spacial score (nSPS) is 12.1. The van der Waals surface area contributed by atoms with E-state index < -0.39 is 15.0 Å². The zero-order chi connectivity index (χ0) is 49.6. The zero-order valence-electron chi connectivity index (χ0n) is 37.1. The number of methoxy groups -OCH3 is 1. The van der Waals surface area contributed by atoms with Crippen LogP contribution in [-0.4, -0.2) is 50.7 Å². The van der Waals surface area contributed by atoms with E-state index >= 15 is 0 Å². The van der Waals surface area contributed by atoms with E-state index in [0.29, 0.717) is 95.7 Å². The van der Waals surface area contributed by atoms with Crippen molar-refractivity contribution in [1.82, 2.24) is 15.0 Å². The Morgan fingerprint density at radius 2 is 1.18 bits per heavy atom. The predicted molar refractivity (Wildman–Crippen MR) is 264 cm³/mol. The zero-order valence-corrected chi connectivity index (χ0v) is 39.5. The summed E-state index contributed by atoms with van der Waals surface area (Å²) in [5.74, 6) is 0.584. The standard InChI is InChI=1S/C47H36N10O11S3/c1-26-21-42(53-54-46-44(70-68-66-60)23-28-22-33(12-17-37(28)47(46)58)48-29-10-15-35(64-3)16-11-29)27(2)20-41(26)52-51-31-6-4-30(5-7-31)49-50-32-8-13-34(14-9-32)57-55-40-19-18-38-39(45(40)56-57)24-36(71(61,62)63)25-43(38)69-67-65-59/h4-25,48,58-60H,1-3H3,(H,61,62,63). The first-order valence-corrected chi connectivity index (χ1v) is 23.7. The molecule has 0 saturated heterocycles. The monoisotopic (exact) mass is 1010 g/mol. The lowest BCUT2D eigenvalue weighted by atomic mass is 10.1. The van der Waals surface area contributed by atoms with Crippen molar-refractivity contribution >= 4 is 112 Å². The number of rotatable bonds is 17. The second kappa shape index (κ2) is 21.1. The van der Waals surface area contributed by atoms with Gasteiger partial charge in [0, 0.05) is 32.4 Å². The number of azo groups is 3. The SMILES string of the molecule is COc1ccc(Nc2ccc3c(O)c(N=Nc4cc(C)c(N=Nc5ccc(N=Nc6ccc(-n7nc8ccc9c(SOOO)cc(S(=O)(=O)O)cc9c8n7)cc6)cc5)cc4C)c(SOOO)cc3c2)cc1. The number of phenolic OH excluding ortho intramolecular Hbond substituents is 1. The minimum atomic E-state index is -4.61. The Morgan fingerprint density at radius 1 is 0.606 bits per heavy atom. The van der Waals surface area contributed by atoms with E-state index in [0.717, 1.165) is 28.3 Å². The summed E-state index contributed by atoms with van der Waals surface area (Å²) >= 11 is 1.21. The molecular formula is C47H36N10O11S3. The van der Waals surface area contributed by atoms with E-state index in [4.69, 9.17) is 19.6 Å². The molecule has 71 heavy (non-hydrogen) atoms. The summed E-state index contributed by atoms with van der Waals surface area (Å²) in [6, 6.07) is 38.0. The fraction of sp³-hybridized carbons (Fsp3) is 0.0638. The molecule has 0 aliphatic carbocycles. The van der Waals surface area contributed by atoms with Crippen LogP contribution in [0.1, 0.15) is 11.1 Å². The van der Waals surface area contributed by atoms with Gasteiger partial charge in [-0.1, -0.05) is 16.1 Å². The van der Waals surface area contributed by atoms with Crippen LogP contribution in [0, 0.1) is 13.8 Å². The topological polar surface area (TPSA) is 278 Å². The Kier molecular flexibility index (Phi) is 14.3. The third-order valence-corrected chi connectivity index (χ3v) is 12.8. The minimum Gasteiger partial charge on any atom is -0.505 e. The summed E-state index contributed by atoms with van der Waals surface area (Å²) in [4.78, 5) is 1.53. The van der Waals surface area contributed by atoms with Crippen LogP contribution in [0.4, 0.5) is 45.5 Å². The van der Waals surface area contributed by atoms with Crippen LogP contribution >= 0.6 is 24.1 Å². The number of phenols is 1. The van der Waals surface area contributed by atoms with Crippen molar-refractivity contribution in [2.24, 2.45) is 30.7 Å². The van der Waals surface area contributed by atoms with Crippen LogP contribution in [0.3, 0.4) is 0 Å². The van der Waals surface area contributed by atoms with Gasteiger partial charge >= 0.3 is 0 Å². The number of ether oxygens (including phenoxy) is 1. The Bertz CT molecular complexity index is 3660. The van der Waals surface area contributed by atoms with Gasteiger partial charge in [0.2, 0.25) is 0 Å². The highest BCUT2D eigenvalue weighted by Crippen LogP contribution is 2.45. The second-order valence-electron chi connectivity index (χ2n) is 15.3. The summed E-state index contributed by atoms with van der Waals surface area (Å²) in [6.07, 6.45) is 0. The molecule has 0 atom stereocenters. The number of aryl methyl sites for hydroxylation is 2. The van der Waals surface area contributed by atoms with Gasteiger partial charge in [0.05, 0.1) is 75.1 Å². The molecule has 9 aromatic rings. The number of anilines is 2. The van der Waals surface area contributed by atoms with E-state index in [1.807, 2.05) is 62.4 Å². The van der Waals surface area contributed by atoms with Crippen molar-refractivity contribution in [2.45, 2.75) is 28.5 Å². The van der Waals surface area contributed by atoms with Crippen molar-refractivity contribution in [3.63, 3.8) is 0 Å². The third kappa shape index (κ3) is 11.0. The molecule has 24 heteroatoms.